The molecule has 0 bridgehead atoms. The monoisotopic (exact) mass is 257 g/mol. The largest absolute Gasteiger partial charge is 0.377 e. The molecule has 0 radical (unpaired) electrons. The first-order chi connectivity index (χ1) is 8.03. The van der Waals surface area contributed by atoms with Crippen LogP contribution in [0.15, 0.2) is 0 Å². The first-order valence-electron chi connectivity index (χ1n) is 6.93. The van der Waals surface area contributed by atoms with Crippen LogP contribution in [0.4, 0.5) is 0 Å². The number of nitrogens with one attached hydrogen (secondary N) is 1. The predicted octanol–water partition coefficient (Wildman–Crippen LogP) is 3.24. The molecule has 0 aliphatic carbocycles. The summed E-state index contributed by atoms with van der Waals surface area (Å²) >= 11 is 0. The number of carbonyl (C=O) groups excluding carboxylic acids is 1. The normalized spacial score (nSPS) is 13.2. The molecule has 0 saturated heterocycles. The van der Waals surface area contributed by atoms with E-state index in [1.54, 1.807) is 0 Å². The number of hydrogen-bond acceptors (Lipinski definition) is 2. The Morgan fingerprint density at radius 3 is 2.00 bits per heavy atom. The number of hydrogen-bond donors (Lipinski definition) is 1. The summed E-state index contributed by atoms with van der Waals surface area (Å²) in [6, 6.07) is 0. The van der Waals surface area contributed by atoms with Crippen molar-refractivity contribution in [2.24, 2.45) is 16.7 Å². The van der Waals surface area contributed by atoms with Crippen molar-refractivity contribution < 1.29 is 9.53 Å². The minimum atomic E-state index is -0.390. The molecule has 0 aromatic heterocycles. The van der Waals surface area contributed by atoms with E-state index in [0.717, 1.165) is 0 Å². The van der Waals surface area contributed by atoms with Crippen LogP contribution in [0.5, 0.6) is 0 Å². The van der Waals surface area contributed by atoms with Crippen molar-refractivity contribution >= 4 is 5.91 Å². The highest BCUT2D eigenvalue weighted by Crippen LogP contribution is 2.44. The van der Waals surface area contributed by atoms with E-state index in [-0.39, 0.29) is 22.8 Å². The van der Waals surface area contributed by atoms with E-state index in [0.29, 0.717) is 19.1 Å². The smallest absolute Gasteiger partial charge is 0.226 e. The third-order valence-electron chi connectivity index (χ3n) is 4.46. The van der Waals surface area contributed by atoms with Gasteiger partial charge >= 0.3 is 0 Å². The summed E-state index contributed by atoms with van der Waals surface area (Å²) in [5, 5.41) is 2.98. The van der Waals surface area contributed by atoms with Gasteiger partial charge in [0, 0.05) is 12.0 Å². The maximum absolute atomic E-state index is 12.3. The topological polar surface area (TPSA) is 38.3 Å². The summed E-state index contributed by atoms with van der Waals surface area (Å²) in [5.41, 5.74) is -0.436. The fourth-order valence-corrected chi connectivity index (χ4v) is 1.69. The second kappa shape index (κ2) is 6.55. The van der Waals surface area contributed by atoms with Crippen LogP contribution < -0.4 is 5.32 Å². The highest BCUT2D eigenvalue weighted by Gasteiger charge is 2.44. The lowest BCUT2D eigenvalue weighted by atomic mass is 9.61. The molecule has 0 unspecified atom stereocenters. The molecule has 0 spiro atoms. The number of ether oxygens (including phenoxy) is 1. The summed E-state index contributed by atoms with van der Waals surface area (Å²) in [5.74, 6) is 0.554. The van der Waals surface area contributed by atoms with Crippen LogP contribution in [0, 0.1) is 16.7 Å². The molecule has 18 heavy (non-hydrogen) atoms. The molecule has 0 aliphatic heterocycles. The van der Waals surface area contributed by atoms with Crippen LogP contribution >= 0.6 is 0 Å². The summed E-state index contributed by atoms with van der Waals surface area (Å²) in [6.07, 6.45) is 0.210. The first-order valence-corrected chi connectivity index (χ1v) is 6.93. The fraction of sp³-hybridized carbons (Fsp3) is 0.933. The molecular weight excluding hydrogens is 226 g/mol. The van der Waals surface area contributed by atoms with Gasteiger partial charge in [0.15, 0.2) is 0 Å². The summed E-state index contributed by atoms with van der Waals surface area (Å²) in [4.78, 5) is 12.3. The summed E-state index contributed by atoms with van der Waals surface area (Å²) < 4.78 is 5.42. The van der Waals surface area contributed by atoms with Gasteiger partial charge in [-0.2, -0.15) is 0 Å². The average Bonchev–Trinajstić information content (AvgIpc) is 2.23. The standard InChI is InChI=1S/C15H31NO2/c1-11(2)14(5,6)15(7,8)13(17)16-9-10-18-12(3)4/h11-12H,9-10H2,1-8H3,(H,16,17). The molecule has 3 nitrogen and oxygen atoms in total. The highest BCUT2D eigenvalue weighted by atomic mass is 16.5. The highest BCUT2D eigenvalue weighted by molar-refractivity contribution is 5.82. The SMILES string of the molecule is CC(C)OCCNC(=O)C(C)(C)C(C)(C)C(C)C. The van der Waals surface area contributed by atoms with Gasteiger partial charge in [-0.05, 0) is 25.2 Å². The summed E-state index contributed by atoms with van der Waals surface area (Å²) in [6.45, 7) is 17.8. The van der Waals surface area contributed by atoms with Crippen molar-refractivity contribution in [1.82, 2.24) is 5.32 Å². The van der Waals surface area contributed by atoms with Gasteiger partial charge in [0.05, 0.1) is 12.7 Å². The zero-order chi connectivity index (χ0) is 14.6. The number of amides is 1. The van der Waals surface area contributed by atoms with Gasteiger partial charge in [-0.15, -0.1) is 0 Å². The van der Waals surface area contributed by atoms with E-state index in [2.05, 4.69) is 33.0 Å². The maximum atomic E-state index is 12.3. The second-order valence-corrected chi connectivity index (χ2v) is 6.68. The quantitative estimate of drug-likeness (QED) is 0.711. The molecule has 0 saturated carbocycles. The van der Waals surface area contributed by atoms with Crippen LogP contribution in [0.1, 0.15) is 55.4 Å². The molecular formula is C15H31NO2. The molecule has 0 heterocycles. The minimum absolute atomic E-state index is 0.0456. The molecule has 108 valence electrons. The Hall–Kier alpha value is -0.570. The zero-order valence-corrected chi connectivity index (χ0v) is 13.4. The Morgan fingerprint density at radius 2 is 1.61 bits per heavy atom. The van der Waals surface area contributed by atoms with Gasteiger partial charge in [0.1, 0.15) is 0 Å². The van der Waals surface area contributed by atoms with E-state index < -0.39 is 0 Å². The van der Waals surface area contributed by atoms with Gasteiger partial charge in [0.25, 0.3) is 0 Å². The molecule has 0 rings (SSSR count). The van der Waals surface area contributed by atoms with Crippen LogP contribution in [-0.2, 0) is 9.53 Å². The van der Waals surface area contributed by atoms with E-state index in [1.807, 2.05) is 27.7 Å². The second-order valence-electron chi connectivity index (χ2n) is 6.68. The van der Waals surface area contributed by atoms with Crippen LogP contribution in [0.25, 0.3) is 0 Å². The Labute approximate surface area is 113 Å². The maximum Gasteiger partial charge on any atom is 0.226 e. The van der Waals surface area contributed by atoms with Crippen molar-refractivity contribution in [3.63, 3.8) is 0 Å². The Kier molecular flexibility index (Phi) is 6.35. The molecule has 0 aromatic carbocycles. The molecule has 0 fully saturated rings. The van der Waals surface area contributed by atoms with E-state index >= 15 is 0 Å². The molecule has 0 aromatic rings. The molecule has 1 amide bonds. The van der Waals surface area contributed by atoms with E-state index in [4.69, 9.17) is 4.74 Å². The van der Waals surface area contributed by atoms with Crippen LogP contribution in [0.3, 0.4) is 0 Å². The number of carbonyl (C=O) groups is 1. The van der Waals surface area contributed by atoms with Gasteiger partial charge < -0.3 is 10.1 Å². The van der Waals surface area contributed by atoms with Gasteiger partial charge in [0.2, 0.25) is 5.91 Å². The van der Waals surface area contributed by atoms with Gasteiger partial charge in [-0.1, -0.05) is 41.5 Å². The van der Waals surface area contributed by atoms with E-state index in [9.17, 15) is 4.79 Å². The first kappa shape index (κ1) is 17.4. The lowest BCUT2D eigenvalue weighted by Crippen LogP contribution is -2.49. The average molecular weight is 257 g/mol. The van der Waals surface area contributed by atoms with Crippen LogP contribution in [-0.4, -0.2) is 25.2 Å². The van der Waals surface area contributed by atoms with Crippen molar-refractivity contribution in [2.75, 3.05) is 13.2 Å². The van der Waals surface area contributed by atoms with Crippen molar-refractivity contribution in [3.8, 4) is 0 Å². The lowest BCUT2D eigenvalue weighted by Gasteiger charge is -2.43. The Balaban J connectivity index is 4.40. The van der Waals surface area contributed by atoms with Crippen molar-refractivity contribution in [3.05, 3.63) is 0 Å². The van der Waals surface area contributed by atoms with E-state index in [1.165, 1.54) is 0 Å². The third-order valence-corrected chi connectivity index (χ3v) is 4.46. The molecule has 3 heteroatoms. The Morgan fingerprint density at radius 1 is 1.11 bits per heavy atom. The van der Waals surface area contributed by atoms with Crippen LogP contribution in [0.2, 0.25) is 0 Å². The molecule has 0 atom stereocenters. The lowest BCUT2D eigenvalue weighted by molar-refractivity contribution is -0.137. The fourth-order valence-electron chi connectivity index (χ4n) is 1.69. The zero-order valence-electron chi connectivity index (χ0n) is 13.4. The third kappa shape index (κ3) is 4.27. The number of rotatable bonds is 7. The van der Waals surface area contributed by atoms with Crippen molar-refractivity contribution in [2.45, 2.75) is 61.5 Å². The summed E-state index contributed by atoms with van der Waals surface area (Å²) in [7, 11) is 0. The molecule has 1 N–H and O–H groups in total. The van der Waals surface area contributed by atoms with Gasteiger partial charge in [-0.3, -0.25) is 4.79 Å². The minimum Gasteiger partial charge on any atom is -0.377 e. The predicted molar refractivity (Wildman–Crippen MR) is 76.5 cm³/mol. The Bertz CT molecular complexity index is 268. The van der Waals surface area contributed by atoms with Crippen molar-refractivity contribution in [1.29, 1.82) is 0 Å². The van der Waals surface area contributed by atoms with Gasteiger partial charge in [-0.25, -0.2) is 0 Å². The molecule has 0 aliphatic rings.